The van der Waals surface area contributed by atoms with E-state index in [0.29, 0.717) is 30.3 Å². The molecule has 1 saturated heterocycles. The van der Waals surface area contributed by atoms with Crippen LogP contribution in [0.3, 0.4) is 0 Å². The highest BCUT2D eigenvalue weighted by Crippen LogP contribution is 2.28. The van der Waals surface area contributed by atoms with Gasteiger partial charge >= 0.3 is 0 Å². The van der Waals surface area contributed by atoms with E-state index in [0.717, 1.165) is 12.6 Å². The molecule has 29 heavy (non-hydrogen) atoms. The molecule has 2 aromatic rings. The zero-order chi connectivity index (χ0) is 19.9. The van der Waals surface area contributed by atoms with Gasteiger partial charge in [-0.25, -0.2) is 4.39 Å². The maximum Gasteiger partial charge on any atom is 0.255 e. The van der Waals surface area contributed by atoms with Crippen molar-refractivity contribution in [3.8, 4) is 5.75 Å². The minimum atomic E-state index is -0.499. The number of nitrogens with one attached hydrogen (secondary N) is 3. The summed E-state index contributed by atoms with van der Waals surface area (Å²) in [5.74, 6) is -0.730. The standard InChI is InChI=1S/C20H22FN3O4.ClH/c1-27-18-6-5-15(23-19(25)11-16-12-28-8-7-22-16)10-17(18)24-20(26)13-3-2-4-14(21)9-13;/h2-6,9-10,16,22H,7-8,11-12H2,1H3,(H,23,25)(H,24,26);1H. The van der Waals surface area contributed by atoms with Crippen LogP contribution in [0.5, 0.6) is 5.75 Å². The maximum atomic E-state index is 13.3. The number of methoxy groups -OCH3 is 1. The number of halogens is 2. The molecule has 9 heteroatoms. The Hall–Kier alpha value is -2.68. The van der Waals surface area contributed by atoms with Gasteiger partial charge in [-0.05, 0) is 36.4 Å². The molecule has 3 N–H and O–H groups in total. The van der Waals surface area contributed by atoms with Gasteiger partial charge in [-0.2, -0.15) is 0 Å². The van der Waals surface area contributed by atoms with E-state index < -0.39 is 11.7 Å². The average Bonchev–Trinajstić information content (AvgIpc) is 2.69. The Kier molecular flexibility index (Phi) is 8.38. The molecule has 0 aromatic heterocycles. The molecule has 1 aliphatic rings. The Morgan fingerprint density at radius 1 is 1.24 bits per heavy atom. The summed E-state index contributed by atoms with van der Waals surface area (Å²) < 4.78 is 23.9. The summed E-state index contributed by atoms with van der Waals surface area (Å²) >= 11 is 0. The number of carbonyl (C=O) groups is 2. The molecule has 1 atom stereocenters. The van der Waals surface area contributed by atoms with E-state index in [4.69, 9.17) is 9.47 Å². The fourth-order valence-electron chi connectivity index (χ4n) is 2.89. The number of rotatable bonds is 6. The molecule has 7 nitrogen and oxygen atoms in total. The first kappa shape index (κ1) is 22.6. The molecular formula is C20H23ClFN3O4. The van der Waals surface area contributed by atoms with Crippen molar-refractivity contribution in [2.24, 2.45) is 0 Å². The highest BCUT2D eigenvalue weighted by Gasteiger charge is 2.17. The van der Waals surface area contributed by atoms with Gasteiger partial charge in [0.25, 0.3) is 5.91 Å². The first-order valence-electron chi connectivity index (χ1n) is 8.91. The van der Waals surface area contributed by atoms with Crippen LogP contribution in [0.25, 0.3) is 0 Å². The van der Waals surface area contributed by atoms with Gasteiger partial charge in [0, 0.05) is 30.3 Å². The Labute approximate surface area is 174 Å². The smallest absolute Gasteiger partial charge is 0.255 e. The quantitative estimate of drug-likeness (QED) is 0.665. The lowest BCUT2D eigenvalue weighted by atomic mass is 10.1. The third-order valence-electron chi connectivity index (χ3n) is 4.25. The summed E-state index contributed by atoms with van der Waals surface area (Å²) in [6.45, 7) is 1.85. The summed E-state index contributed by atoms with van der Waals surface area (Å²) in [5, 5.41) is 8.71. The van der Waals surface area contributed by atoms with Crippen LogP contribution in [0.1, 0.15) is 16.8 Å². The number of carbonyl (C=O) groups excluding carboxylic acids is 2. The molecule has 1 fully saturated rings. The minimum absolute atomic E-state index is 0. The average molecular weight is 424 g/mol. The van der Waals surface area contributed by atoms with Crippen molar-refractivity contribution in [3.05, 3.63) is 53.8 Å². The van der Waals surface area contributed by atoms with Crippen LogP contribution in [-0.4, -0.2) is 44.7 Å². The van der Waals surface area contributed by atoms with Gasteiger partial charge in [-0.3, -0.25) is 9.59 Å². The number of hydrogen-bond acceptors (Lipinski definition) is 5. The molecule has 2 aromatic carbocycles. The number of benzene rings is 2. The Balaban J connectivity index is 0.00000300. The molecule has 1 aliphatic heterocycles. The van der Waals surface area contributed by atoms with Gasteiger partial charge in [0.2, 0.25) is 5.91 Å². The fourth-order valence-corrected chi connectivity index (χ4v) is 2.89. The molecular weight excluding hydrogens is 401 g/mol. The molecule has 156 valence electrons. The number of ether oxygens (including phenoxy) is 2. The number of anilines is 2. The van der Waals surface area contributed by atoms with Gasteiger partial charge in [0.1, 0.15) is 11.6 Å². The van der Waals surface area contributed by atoms with E-state index in [9.17, 15) is 14.0 Å². The summed E-state index contributed by atoms with van der Waals surface area (Å²) in [5.41, 5.74) is 1.06. The number of amides is 2. The van der Waals surface area contributed by atoms with E-state index in [1.165, 1.54) is 25.3 Å². The SMILES string of the molecule is COc1ccc(NC(=O)CC2COCCN2)cc1NC(=O)c1cccc(F)c1.Cl. The minimum Gasteiger partial charge on any atom is -0.495 e. The second-order valence-electron chi connectivity index (χ2n) is 6.36. The first-order chi connectivity index (χ1) is 13.5. The molecule has 0 bridgehead atoms. The van der Waals surface area contributed by atoms with Crippen molar-refractivity contribution in [3.63, 3.8) is 0 Å². The monoisotopic (exact) mass is 423 g/mol. The summed E-state index contributed by atoms with van der Waals surface area (Å²) in [7, 11) is 1.47. The van der Waals surface area contributed by atoms with Crippen LogP contribution < -0.4 is 20.7 Å². The Morgan fingerprint density at radius 3 is 2.76 bits per heavy atom. The first-order valence-corrected chi connectivity index (χ1v) is 8.91. The van der Waals surface area contributed by atoms with Gasteiger partial charge < -0.3 is 25.4 Å². The second kappa shape index (κ2) is 10.8. The van der Waals surface area contributed by atoms with Crippen LogP contribution in [-0.2, 0) is 9.53 Å². The van der Waals surface area contributed by atoms with Crippen LogP contribution >= 0.6 is 12.4 Å². The molecule has 2 amide bonds. The van der Waals surface area contributed by atoms with Gasteiger partial charge in [0.15, 0.2) is 0 Å². The zero-order valence-electron chi connectivity index (χ0n) is 15.9. The van der Waals surface area contributed by atoms with E-state index in [2.05, 4.69) is 16.0 Å². The third-order valence-corrected chi connectivity index (χ3v) is 4.25. The Bertz CT molecular complexity index is 859. The van der Waals surface area contributed by atoms with E-state index in [1.807, 2.05) is 0 Å². The largest absolute Gasteiger partial charge is 0.495 e. The van der Waals surface area contributed by atoms with Crippen LogP contribution in [0.4, 0.5) is 15.8 Å². The highest BCUT2D eigenvalue weighted by molar-refractivity contribution is 6.05. The van der Waals surface area contributed by atoms with Crippen molar-refractivity contribution < 1.29 is 23.5 Å². The zero-order valence-corrected chi connectivity index (χ0v) is 16.7. The topological polar surface area (TPSA) is 88.7 Å². The molecule has 0 aliphatic carbocycles. The fraction of sp³-hybridized carbons (Fsp3) is 0.300. The van der Waals surface area contributed by atoms with Crippen LogP contribution in [0.15, 0.2) is 42.5 Å². The van der Waals surface area contributed by atoms with Crippen molar-refractivity contribution in [2.45, 2.75) is 12.5 Å². The lowest BCUT2D eigenvalue weighted by molar-refractivity contribution is -0.117. The maximum absolute atomic E-state index is 13.3. The van der Waals surface area contributed by atoms with Crippen LogP contribution in [0, 0.1) is 5.82 Å². The third kappa shape index (κ3) is 6.42. The van der Waals surface area contributed by atoms with Gasteiger partial charge in [-0.1, -0.05) is 6.07 Å². The molecule has 0 radical (unpaired) electrons. The Morgan fingerprint density at radius 2 is 2.07 bits per heavy atom. The number of morpholine rings is 1. The van der Waals surface area contributed by atoms with Gasteiger partial charge in [0.05, 0.1) is 26.0 Å². The van der Waals surface area contributed by atoms with Crippen molar-refractivity contribution in [2.75, 3.05) is 37.5 Å². The molecule has 0 spiro atoms. The summed E-state index contributed by atoms with van der Waals surface area (Å²) in [6, 6.07) is 10.3. The van der Waals surface area contributed by atoms with Crippen LogP contribution in [0.2, 0.25) is 0 Å². The highest BCUT2D eigenvalue weighted by atomic mass is 35.5. The van der Waals surface area contributed by atoms with E-state index in [1.54, 1.807) is 18.2 Å². The molecule has 1 unspecified atom stereocenters. The van der Waals surface area contributed by atoms with Crippen molar-refractivity contribution in [1.82, 2.24) is 5.32 Å². The van der Waals surface area contributed by atoms with E-state index in [-0.39, 0.29) is 36.3 Å². The summed E-state index contributed by atoms with van der Waals surface area (Å²) in [6.07, 6.45) is 0.275. The predicted molar refractivity (Wildman–Crippen MR) is 110 cm³/mol. The van der Waals surface area contributed by atoms with Crippen molar-refractivity contribution in [1.29, 1.82) is 0 Å². The molecule has 0 saturated carbocycles. The lowest BCUT2D eigenvalue weighted by Gasteiger charge is -2.23. The molecule has 1 heterocycles. The predicted octanol–water partition coefficient (Wildman–Crippen LogP) is 2.83. The van der Waals surface area contributed by atoms with Crippen molar-refractivity contribution >= 4 is 35.6 Å². The molecule has 3 rings (SSSR count). The van der Waals surface area contributed by atoms with E-state index >= 15 is 0 Å². The number of hydrogen-bond donors (Lipinski definition) is 3. The second-order valence-corrected chi connectivity index (χ2v) is 6.36. The van der Waals surface area contributed by atoms with Gasteiger partial charge in [-0.15, -0.1) is 12.4 Å². The summed E-state index contributed by atoms with van der Waals surface area (Å²) in [4.78, 5) is 24.6. The lowest BCUT2D eigenvalue weighted by Crippen LogP contribution is -2.43. The normalized spacial score (nSPS) is 15.7.